The van der Waals surface area contributed by atoms with Gasteiger partial charge in [-0.25, -0.2) is 0 Å². The van der Waals surface area contributed by atoms with Crippen LogP contribution in [0.1, 0.15) is 284 Å². The molecule has 0 saturated heterocycles. The topological polar surface area (TPSA) is 78.9 Å². The van der Waals surface area contributed by atoms with Crippen molar-refractivity contribution in [1.82, 2.24) is 0 Å². The minimum absolute atomic E-state index is 0.0897. The van der Waals surface area contributed by atoms with Crippen molar-refractivity contribution in [1.29, 1.82) is 0 Å². The largest absolute Gasteiger partial charge is 0.462 e. The van der Waals surface area contributed by atoms with E-state index >= 15 is 0 Å². The van der Waals surface area contributed by atoms with Gasteiger partial charge in [-0.05, 0) is 109 Å². The summed E-state index contributed by atoms with van der Waals surface area (Å²) < 4.78 is 16.8. The minimum atomic E-state index is -0.794. The molecule has 0 N–H and O–H groups in total. The van der Waals surface area contributed by atoms with Gasteiger partial charge in [-0.15, -0.1) is 0 Å². The number of carbonyl (C=O) groups excluding carboxylic acids is 3. The van der Waals surface area contributed by atoms with Crippen LogP contribution in [0.25, 0.3) is 0 Å². The molecule has 0 aliphatic carbocycles. The van der Waals surface area contributed by atoms with Gasteiger partial charge in [0.25, 0.3) is 0 Å². The summed E-state index contributed by atoms with van der Waals surface area (Å²) in [5.74, 6) is -0.920. The van der Waals surface area contributed by atoms with Crippen LogP contribution >= 0.6 is 0 Å². The quantitative estimate of drug-likeness (QED) is 0.0262. The Balaban J connectivity index is 4.42. The van der Waals surface area contributed by atoms with Crippen molar-refractivity contribution in [2.24, 2.45) is 0 Å². The van der Waals surface area contributed by atoms with E-state index in [1.807, 2.05) is 0 Å². The molecule has 0 aromatic rings. The van der Waals surface area contributed by atoms with Gasteiger partial charge in [-0.2, -0.15) is 0 Å². The van der Waals surface area contributed by atoms with E-state index in [1.165, 1.54) is 135 Å². The highest BCUT2D eigenvalue weighted by Gasteiger charge is 2.19. The second-order valence-corrected chi connectivity index (χ2v) is 19.2. The molecule has 0 aliphatic rings. The SMILES string of the molecule is CCCC/C=C\C/C=C\CCCCCCCC(=O)OC[C@H](COC(=O)CCCCCCCCCCC/C=C\CCCCCCCC)OC(=O)CCCCCC/C=C\C/C=C\C/C=C\CCCCC. The van der Waals surface area contributed by atoms with Crippen LogP contribution in [0.15, 0.2) is 72.9 Å². The number of unbranched alkanes of at least 4 members (excludes halogenated alkanes) is 29. The van der Waals surface area contributed by atoms with Crippen LogP contribution < -0.4 is 0 Å². The third-order valence-corrected chi connectivity index (χ3v) is 12.4. The van der Waals surface area contributed by atoms with Crippen LogP contribution in [0.4, 0.5) is 0 Å². The van der Waals surface area contributed by atoms with Gasteiger partial charge in [0.05, 0.1) is 0 Å². The molecule has 6 heteroatoms. The number of ether oxygens (including phenoxy) is 3. The smallest absolute Gasteiger partial charge is 0.306 e. The third kappa shape index (κ3) is 53.8. The predicted octanol–water partition coefficient (Wildman–Crippen LogP) is 19.4. The number of hydrogen-bond donors (Lipinski definition) is 0. The van der Waals surface area contributed by atoms with E-state index in [4.69, 9.17) is 14.2 Å². The molecule has 0 spiro atoms. The summed E-state index contributed by atoms with van der Waals surface area (Å²) in [4.78, 5) is 38.2. The van der Waals surface area contributed by atoms with Crippen LogP contribution in [-0.4, -0.2) is 37.2 Å². The fraction of sp³-hybridized carbons (Fsp3) is 0.758. The normalized spacial score (nSPS) is 12.6. The maximum Gasteiger partial charge on any atom is 0.306 e. The number of rotatable bonds is 52. The highest BCUT2D eigenvalue weighted by molar-refractivity contribution is 5.71. The maximum absolute atomic E-state index is 12.8. The summed E-state index contributed by atoms with van der Waals surface area (Å²) >= 11 is 0. The van der Waals surface area contributed by atoms with Gasteiger partial charge in [-0.3, -0.25) is 14.4 Å². The van der Waals surface area contributed by atoms with Crippen LogP contribution in [0.2, 0.25) is 0 Å². The second-order valence-electron chi connectivity index (χ2n) is 19.2. The fourth-order valence-corrected chi connectivity index (χ4v) is 7.99. The van der Waals surface area contributed by atoms with E-state index in [9.17, 15) is 14.4 Å². The molecule has 0 heterocycles. The Kier molecular flexibility index (Phi) is 53.8. The Bertz CT molecular complexity index is 1270. The van der Waals surface area contributed by atoms with Crippen molar-refractivity contribution in [3.63, 3.8) is 0 Å². The van der Waals surface area contributed by atoms with Crippen LogP contribution in [0, 0.1) is 0 Å². The van der Waals surface area contributed by atoms with E-state index in [0.717, 1.165) is 109 Å². The minimum Gasteiger partial charge on any atom is -0.462 e. The highest BCUT2D eigenvalue weighted by atomic mass is 16.6. The summed E-state index contributed by atoms with van der Waals surface area (Å²) in [5.41, 5.74) is 0. The van der Waals surface area contributed by atoms with Gasteiger partial charge in [0.1, 0.15) is 13.2 Å². The zero-order valence-electron chi connectivity index (χ0n) is 44.9. The number of allylic oxidation sites excluding steroid dienone is 12. The number of carbonyl (C=O) groups is 3. The van der Waals surface area contributed by atoms with E-state index < -0.39 is 6.10 Å². The molecule has 0 aromatic carbocycles. The average molecular weight is 950 g/mol. The van der Waals surface area contributed by atoms with E-state index in [2.05, 4.69) is 93.7 Å². The second kappa shape index (κ2) is 56.4. The summed E-state index contributed by atoms with van der Waals surface area (Å²) in [5, 5.41) is 0. The van der Waals surface area contributed by atoms with Crippen LogP contribution in [0.5, 0.6) is 0 Å². The van der Waals surface area contributed by atoms with Crippen molar-refractivity contribution >= 4 is 17.9 Å². The first-order valence-corrected chi connectivity index (χ1v) is 28.9. The zero-order valence-corrected chi connectivity index (χ0v) is 44.9. The van der Waals surface area contributed by atoms with Gasteiger partial charge in [0, 0.05) is 19.3 Å². The van der Waals surface area contributed by atoms with Crippen molar-refractivity contribution in [3.05, 3.63) is 72.9 Å². The van der Waals surface area contributed by atoms with E-state index in [-0.39, 0.29) is 31.1 Å². The molecule has 0 saturated carbocycles. The van der Waals surface area contributed by atoms with Crippen molar-refractivity contribution < 1.29 is 28.6 Å². The third-order valence-electron chi connectivity index (χ3n) is 12.4. The molecule has 0 aliphatic heterocycles. The summed E-state index contributed by atoms with van der Waals surface area (Å²) in [7, 11) is 0. The van der Waals surface area contributed by atoms with Gasteiger partial charge >= 0.3 is 17.9 Å². The first-order valence-electron chi connectivity index (χ1n) is 28.9. The Morgan fingerprint density at radius 3 is 0.912 bits per heavy atom. The number of esters is 3. The molecule has 392 valence electrons. The van der Waals surface area contributed by atoms with Gasteiger partial charge in [0.15, 0.2) is 6.10 Å². The maximum atomic E-state index is 12.8. The molecule has 6 nitrogen and oxygen atoms in total. The monoisotopic (exact) mass is 949 g/mol. The summed E-state index contributed by atoms with van der Waals surface area (Å²) in [6.07, 6.45) is 71.7. The molecule has 0 aromatic heterocycles. The lowest BCUT2D eigenvalue weighted by Crippen LogP contribution is -2.30. The Labute approximate surface area is 421 Å². The average Bonchev–Trinajstić information content (AvgIpc) is 3.34. The Hall–Kier alpha value is -3.15. The number of hydrogen-bond acceptors (Lipinski definition) is 6. The molecular formula is C62H108O6. The molecular weight excluding hydrogens is 841 g/mol. The lowest BCUT2D eigenvalue weighted by atomic mass is 10.1. The van der Waals surface area contributed by atoms with E-state index in [1.54, 1.807) is 0 Å². The molecule has 0 fully saturated rings. The first kappa shape index (κ1) is 64.8. The lowest BCUT2D eigenvalue weighted by molar-refractivity contribution is -0.167. The molecule has 0 amide bonds. The highest BCUT2D eigenvalue weighted by Crippen LogP contribution is 2.15. The molecule has 68 heavy (non-hydrogen) atoms. The fourth-order valence-electron chi connectivity index (χ4n) is 7.99. The molecule has 0 rings (SSSR count). The van der Waals surface area contributed by atoms with Crippen molar-refractivity contribution in [2.75, 3.05) is 13.2 Å². The summed E-state index contributed by atoms with van der Waals surface area (Å²) in [6, 6.07) is 0. The standard InChI is InChI=1S/C62H108O6/c1-4-7-10-13-16-19-22-25-28-30-31-33-34-37-40-43-46-49-52-55-61(64)67-58-59(57-66-60(63)54-51-48-45-42-39-36-27-24-21-18-15-12-9-6-3)68-62(65)56-53-50-47-44-41-38-35-32-29-26-23-20-17-14-11-8-5-2/h15,17-18,20,24-29,35,38,59H,4-14,16,19,21-23,30-34,36-37,39-58H2,1-3H3/b18-15-,20-17-,27-24-,28-25-,29-26-,38-35-/t59-/m1/s1. The van der Waals surface area contributed by atoms with E-state index in [0.29, 0.717) is 19.3 Å². The first-order chi connectivity index (χ1) is 33.5. The van der Waals surface area contributed by atoms with Crippen molar-refractivity contribution in [3.8, 4) is 0 Å². The predicted molar refractivity (Wildman–Crippen MR) is 293 cm³/mol. The molecule has 0 bridgehead atoms. The summed E-state index contributed by atoms with van der Waals surface area (Å²) in [6.45, 7) is 6.55. The Morgan fingerprint density at radius 2 is 0.544 bits per heavy atom. The Morgan fingerprint density at radius 1 is 0.294 bits per heavy atom. The van der Waals surface area contributed by atoms with Crippen LogP contribution in [-0.2, 0) is 28.6 Å². The van der Waals surface area contributed by atoms with Gasteiger partial charge in [-0.1, -0.05) is 229 Å². The van der Waals surface area contributed by atoms with Crippen LogP contribution in [0.3, 0.4) is 0 Å². The van der Waals surface area contributed by atoms with Gasteiger partial charge in [0.2, 0.25) is 0 Å². The van der Waals surface area contributed by atoms with Crippen molar-refractivity contribution in [2.45, 2.75) is 290 Å². The molecule has 1 atom stereocenters. The molecule has 0 unspecified atom stereocenters. The molecule has 0 radical (unpaired) electrons. The lowest BCUT2D eigenvalue weighted by Gasteiger charge is -2.18. The van der Waals surface area contributed by atoms with Gasteiger partial charge < -0.3 is 14.2 Å². The zero-order chi connectivity index (χ0) is 49.3.